The largest absolute Gasteiger partial charge is 0.280 e. The molecule has 0 aliphatic carbocycles. The lowest BCUT2D eigenvalue weighted by Gasteiger charge is -2.07. The van der Waals surface area contributed by atoms with Crippen LogP contribution in [0.4, 0.5) is 5.69 Å². The zero-order chi connectivity index (χ0) is 12.3. The minimum Gasteiger partial charge on any atom is -0.280 e. The first kappa shape index (κ1) is 11.6. The van der Waals surface area contributed by atoms with Crippen molar-refractivity contribution in [3.63, 3.8) is 0 Å². The smallest absolute Gasteiger partial charge is 0.263 e. The molecule has 1 aromatic heterocycles. The molecule has 0 unspecified atom stereocenters. The minimum atomic E-state index is -3.54. The van der Waals surface area contributed by atoms with Gasteiger partial charge in [0, 0.05) is 18.1 Å². The van der Waals surface area contributed by atoms with Crippen LogP contribution in [0.1, 0.15) is 5.56 Å². The van der Waals surface area contributed by atoms with Crippen LogP contribution in [0.2, 0.25) is 0 Å². The van der Waals surface area contributed by atoms with E-state index in [4.69, 9.17) is 0 Å². The number of nitrogens with zero attached hydrogens (tertiary/aromatic N) is 1. The summed E-state index contributed by atoms with van der Waals surface area (Å²) in [5, 5.41) is 0. The molecule has 5 heteroatoms. The number of hydrogen-bond acceptors (Lipinski definition) is 3. The van der Waals surface area contributed by atoms with Crippen molar-refractivity contribution in [2.24, 2.45) is 0 Å². The molecule has 0 saturated carbocycles. The molecule has 0 radical (unpaired) electrons. The van der Waals surface area contributed by atoms with E-state index in [2.05, 4.69) is 9.71 Å². The molecule has 1 aromatic carbocycles. The molecule has 1 N–H and O–H groups in total. The van der Waals surface area contributed by atoms with Gasteiger partial charge >= 0.3 is 0 Å². The van der Waals surface area contributed by atoms with Crippen LogP contribution in [0.3, 0.4) is 0 Å². The Morgan fingerprint density at radius 1 is 1.18 bits per heavy atom. The number of aryl methyl sites for hydroxylation is 1. The van der Waals surface area contributed by atoms with Crippen molar-refractivity contribution in [3.8, 4) is 0 Å². The van der Waals surface area contributed by atoms with Crippen molar-refractivity contribution in [1.29, 1.82) is 0 Å². The fraction of sp³-hybridized carbons (Fsp3) is 0.0833. The first-order valence-corrected chi connectivity index (χ1v) is 6.56. The van der Waals surface area contributed by atoms with Gasteiger partial charge in [-0.3, -0.25) is 9.71 Å². The first-order valence-electron chi connectivity index (χ1n) is 5.07. The highest BCUT2D eigenvalue weighted by Gasteiger charge is 2.13. The van der Waals surface area contributed by atoms with Gasteiger partial charge in [-0.1, -0.05) is 12.1 Å². The van der Waals surface area contributed by atoms with E-state index in [1.165, 1.54) is 18.5 Å². The molecular formula is C12H12N2O2S. The Kier molecular flexibility index (Phi) is 3.10. The summed E-state index contributed by atoms with van der Waals surface area (Å²) in [4.78, 5) is 3.95. The van der Waals surface area contributed by atoms with E-state index in [1.54, 1.807) is 24.3 Å². The Labute approximate surface area is 100 Å². The van der Waals surface area contributed by atoms with Gasteiger partial charge in [0.15, 0.2) is 0 Å². The molecule has 2 rings (SSSR count). The second-order valence-corrected chi connectivity index (χ2v) is 5.35. The predicted molar refractivity (Wildman–Crippen MR) is 66.2 cm³/mol. The molecule has 0 saturated heterocycles. The quantitative estimate of drug-likeness (QED) is 0.905. The molecule has 0 aliphatic heterocycles. The van der Waals surface area contributed by atoms with Crippen LogP contribution in [0.25, 0.3) is 0 Å². The number of anilines is 1. The molecule has 17 heavy (non-hydrogen) atoms. The number of aromatic nitrogens is 1. The van der Waals surface area contributed by atoms with Gasteiger partial charge in [-0.25, -0.2) is 8.42 Å². The number of sulfonamides is 1. The lowest BCUT2D eigenvalue weighted by atomic mass is 10.2. The van der Waals surface area contributed by atoms with Gasteiger partial charge < -0.3 is 0 Å². The SMILES string of the molecule is Cc1cccc(NS(=O)(=O)c2cccnc2)c1. The van der Waals surface area contributed by atoms with Crippen molar-refractivity contribution in [2.75, 3.05) is 4.72 Å². The summed E-state index contributed by atoms with van der Waals surface area (Å²) in [7, 11) is -3.54. The second kappa shape index (κ2) is 4.55. The summed E-state index contributed by atoms with van der Waals surface area (Å²) in [5.41, 5.74) is 1.55. The maximum absolute atomic E-state index is 12.0. The summed E-state index contributed by atoms with van der Waals surface area (Å²) in [5.74, 6) is 0. The highest BCUT2D eigenvalue weighted by Crippen LogP contribution is 2.15. The van der Waals surface area contributed by atoms with E-state index >= 15 is 0 Å². The Morgan fingerprint density at radius 2 is 2.00 bits per heavy atom. The lowest BCUT2D eigenvalue weighted by molar-refractivity contribution is 0.601. The van der Waals surface area contributed by atoms with E-state index < -0.39 is 10.0 Å². The fourth-order valence-electron chi connectivity index (χ4n) is 1.43. The van der Waals surface area contributed by atoms with Crippen LogP contribution in [0.5, 0.6) is 0 Å². The zero-order valence-electron chi connectivity index (χ0n) is 9.29. The van der Waals surface area contributed by atoms with Crippen molar-refractivity contribution in [3.05, 3.63) is 54.4 Å². The monoisotopic (exact) mass is 248 g/mol. The summed E-state index contributed by atoms with van der Waals surface area (Å²) >= 11 is 0. The molecule has 0 aliphatic rings. The molecule has 2 aromatic rings. The molecule has 0 atom stereocenters. The summed E-state index contributed by atoms with van der Waals surface area (Å²) in [6.45, 7) is 1.90. The maximum Gasteiger partial charge on any atom is 0.263 e. The molecule has 0 spiro atoms. The van der Waals surface area contributed by atoms with Gasteiger partial charge in [-0.2, -0.15) is 0 Å². The van der Waals surface area contributed by atoms with Gasteiger partial charge in [-0.15, -0.1) is 0 Å². The van der Waals surface area contributed by atoms with Crippen molar-refractivity contribution >= 4 is 15.7 Å². The van der Waals surface area contributed by atoms with Gasteiger partial charge in [0.1, 0.15) is 4.90 Å². The number of hydrogen-bond donors (Lipinski definition) is 1. The Hall–Kier alpha value is -1.88. The maximum atomic E-state index is 12.0. The summed E-state index contributed by atoms with van der Waals surface area (Å²) in [6.07, 6.45) is 2.85. The highest BCUT2D eigenvalue weighted by atomic mass is 32.2. The third kappa shape index (κ3) is 2.82. The standard InChI is InChI=1S/C12H12N2O2S/c1-10-4-2-5-11(8-10)14-17(15,16)12-6-3-7-13-9-12/h2-9,14H,1H3. The molecule has 1 heterocycles. The Balaban J connectivity index is 2.30. The minimum absolute atomic E-state index is 0.154. The van der Waals surface area contributed by atoms with Crippen LogP contribution in [-0.4, -0.2) is 13.4 Å². The molecular weight excluding hydrogens is 236 g/mol. The number of benzene rings is 1. The fourth-order valence-corrected chi connectivity index (χ4v) is 2.44. The van der Waals surface area contributed by atoms with Crippen LogP contribution in [-0.2, 0) is 10.0 Å². The molecule has 0 bridgehead atoms. The van der Waals surface area contributed by atoms with Crippen LogP contribution in [0.15, 0.2) is 53.7 Å². The van der Waals surface area contributed by atoms with E-state index in [-0.39, 0.29) is 4.90 Å². The lowest BCUT2D eigenvalue weighted by Crippen LogP contribution is -2.13. The van der Waals surface area contributed by atoms with E-state index in [0.29, 0.717) is 5.69 Å². The number of nitrogens with one attached hydrogen (secondary N) is 1. The zero-order valence-corrected chi connectivity index (χ0v) is 10.1. The van der Waals surface area contributed by atoms with Crippen molar-refractivity contribution < 1.29 is 8.42 Å². The van der Waals surface area contributed by atoms with Crippen LogP contribution < -0.4 is 4.72 Å². The Morgan fingerprint density at radius 3 is 2.65 bits per heavy atom. The highest BCUT2D eigenvalue weighted by molar-refractivity contribution is 7.92. The average molecular weight is 248 g/mol. The van der Waals surface area contributed by atoms with Crippen LogP contribution in [0, 0.1) is 6.92 Å². The van der Waals surface area contributed by atoms with Crippen molar-refractivity contribution in [2.45, 2.75) is 11.8 Å². The van der Waals surface area contributed by atoms with Gasteiger partial charge in [-0.05, 0) is 36.8 Å². The molecule has 0 fully saturated rings. The number of pyridine rings is 1. The average Bonchev–Trinajstić information content (AvgIpc) is 2.29. The normalized spacial score (nSPS) is 11.1. The molecule has 0 amide bonds. The summed E-state index contributed by atoms with van der Waals surface area (Å²) in [6, 6.07) is 10.3. The second-order valence-electron chi connectivity index (χ2n) is 3.66. The topological polar surface area (TPSA) is 59.1 Å². The third-order valence-corrected chi connectivity index (χ3v) is 3.58. The predicted octanol–water partition coefficient (Wildman–Crippen LogP) is 2.19. The first-order chi connectivity index (χ1) is 8.08. The summed E-state index contributed by atoms with van der Waals surface area (Å²) < 4.78 is 26.4. The van der Waals surface area contributed by atoms with E-state index in [9.17, 15) is 8.42 Å². The Bertz CT molecular complexity index is 609. The van der Waals surface area contributed by atoms with E-state index in [1.807, 2.05) is 13.0 Å². The molecule has 4 nitrogen and oxygen atoms in total. The van der Waals surface area contributed by atoms with Crippen molar-refractivity contribution in [1.82, 2.24) is 4.98 Å². The molecule has 88 valence electrons. The van der Waals surface area contributed by atoms with Gasteiger partial charge in [0.25, 0.3) is 10.0 Å². The third-order valence-electron chi connectivity index (χ3n) is 2.21. The van der Waals surface area contributed by atoms with Crippen LogP contribution >= 0.6 is 0 Å². The van der Waals surface area contributed by atoms with Gasteiger partial charge in [0.05, 0.1) is 0 Å². The van der Waals surface area contributed by atoms with E-state index in [0.717, 1.165) is 5.56 Å². The number of rotatable bonds is 3. The van der Waals surface area contributed by atoms with Gasteiger partial charge in [0.2, 0.25) is 0 Å².